The highest BCUT2D eigenvalue weighted by atomic mass is 16.5. The Hall–Kier alpha value is -3.32. The van der Waals surface area contributed by atoms with Gasteiger partial charge in [0, 0.05) is 43.8 Å². The van der Waals surface area contributed by atoms with Crippen molar-refractivity contribution in [3.8, 4) is 11.1 Å². The molecule has 2 aliphatic heterocycles. The first kappa shape index (κ1) is 19.6. The summed E-state index contributed by atoms with van der Waals surface area (Å²) in [5.74, 6) is 0.904. The number of morpholine rings is 1. The van der Waals surface area contributed by atoms with Crippen molar-refractivity contribution in [3.63, 3.8) is 0 Å². The third kappa shape index (κ3) is 3.88. The van der Waals surface area contributed by atoms with Crippen LogP contribution < -0.4 is 9.80 Å². The molecule has 158 valence electrons. The third-order valence-corrected chi connectivity index (χ3v) is 6.17. The van der Waals surface area contributed by atoms with E-state index in [9.17, 15) is 4.91 Å². The Labute approximate surface area is 181 Å². The minimum Gasteiger partial charge on any atom is -0.377 e. The number of benzene rings is 2. The highest BCUT2D eigenvalue weighted by Gasteiger charge is 2.27. The number of ether oxygens (including phenoxy) is 1. The van der Waals surface area contributed by atoms with E-state index < -0.39 is 0 Å². The van der Waals surface area contributed by atoms with Gasteiger partial charge in [0.2, 0.25) is 0 Å². The van der Waals surface area contributed by atoms with Gasteiger partial charge in [0.15, 0.2) is 0 Å². The van der Waals surface area contributed by atoms with Gasteiger partial charge in [-0.1, -0.05) is 12.1 Å². The molecule has 2 aliphatic rings. The maximum atomic E-state index is 10.8. The van der Waals surface area contributed by atoms with Gasteiger partial charge in [-0.3, -0.25) is 4.98 Å². The van der Waals surface area contributed by atoms with E-state index in [1.165, 1.54) is 16.8 Å². The molecule has 1 atom stereocenters. The van der Waals surface area contributed by atoms with Gasteiger partial charge >= 0.3 is 0 Å². The summed E-state index contributed by atoms with van der Waals surface area (Å²) in [5, 5.41) is 3.03. The van der Waals surface area contributed by atoms with Crippen molar-refractivity contribution in [1.29, 1.82) is 0 Å². The van der Waals surface area contributed by atoms with Gasteiger partial charge in [0.1, 0.15) is 11.5 Å². The van der Waals surface area contributed by atoms with Gasteiger partial charge in [0.25, 0.3) is 0 Å². The fourth-order valence-corrected chi connectivity index (χ4v) is 4.55. The molecule has 0 N–H and O–H groups in total. The van der Waals surface area contributed by atoms with Crippen LogP contribution in [0.4, 0.5) is 17.2 Å². The van der Waals surface area contributed by atoms with E-state index in [4.69, 9.17) is 4.74 Å². The Morgan fingerprint density at radius 3 is 2.71 bits per heavy atom. The highest BCUT2D eigenvalue weighted by Crippen LogP contribution is 2.37. The van der Waals surface area contributed by atoms with Crippen LogP contribution in [0.2, 0.25) is 0 Å². The Bertz CT molecular complexity index is 1070. The molecule has 0 spiro atoms. The van der Waals surface area contributed by atoms with Crippen molar-refractivity contribution in [2.45, 2.75) is 25.9 Å². The van der Waals surface area contributed by atoms with Gasteiger partial charge in [-0.05, 0) is 65.0 Å². The fraction of sp³-hybridized carbons (Fsp3) is 0.333. The summed E-state index contributed by atoms with van der Waals surface area (Å²) < 4.78 is 5.69. The first-order chi connectivity index (χ1) is 15.2. The SMILES string of the molecule is C[C@H]1COCCN1c1cc(-c2ccc(N=O)cc2)cc2c1CCN(c1cnccn1)C2. The van der Waals surface area contributed by atoms with E-state index in [1.54, 1.807) is 24.5 Å². The zero-order valence-electron chi connectivity index (χ0n) is 17.6. The van der Waals surface area contributed by atoms with E-state index in [1.807, 2.05) is 18.3 Å². The molecule has 5 rings (SSSR count). The smallest absolute Gasteiger partial charge is 0.147 e. The number of rotatable bonds is 4. The average Bonchev–Trinajstić information content (AvgIpc) is 2.84. The van der Waals surface area contributed by atoms with Crippen LogP contribution in [0.5, 0.6) is 0 Å². The molecule has 2 aromatic carbocycles. The standard InChI is InChI=1S/C24H25N5O2/c1-17-16-31-11-10-29(17)23-13-19(18-2-4-21(27-30)5-3-18)12-20-15-28(9-6-22(20)23)24-14-25-7-8-26-24/h2-5,7-8,12-14,17H,6,9-11,15-16H2,1H3/t17-/m0/s1. The monoisotopic (exact) mass is 415 g/mol. The van der Waals surface area contributed by atoms with Gasteiger partial charge in [-0.2, -0.15) is 0 Å². The first-order valence-corrected chi connectivity index (χ1v) is 10.7. The van der Waals surface area contributed by atoms with Crippen LogP contribution in [0.25, 0.3) is 11.1 Å². The lowest BCUT2D eigenvalue weighted by atomic mass is 9.91. The van der Waals surface area contributed by atoms with Crippen LogP contribution in [-0.4, -0.2) is 42.3 Å². The van der Waals surface area contributed by atoms with Crippen molar-refractivity contribution >= 4 is 17.2 Å². The van der Waals surface area contributed by atoms with Crippen LogP contribution in [0.1, 0.15) is 18.1 Å². The molecular formula is C24H25N5O2. The number of hydrogen-bond acceptors (Lipinski definition) is 7. The van der Waals surface area contributed by atoms with Crippen LogP contribution in [0, 0.1) is 4.91 Å². The minimum absolute atomic E-state index is 0.327. The fourth-order valence-electron chi connectivity index (χ4n) is 4.55. The van der Waals surface area contributed by atoms with Crippen molar-refractivity contribution in [2.24, 2.45) is 5.18 Å². The van der Waals surface area contributed by atoms with Crippen LogP contribution in [0.3, 0.4) is 0 Å². The van der Waals surface area contributed by atoms with E-state index in [-0.39, 0.29) is 0 Å². The summed E-state index contributed by atoms with van der Waals surface area (Å²) >= 11 is 0. The number of fused-ring (bicyclic) bond motifs is 1. The first-order valence-electron chi connectivity index (χ1n) is 10.7. The lowest BCUT2D eigenvalue weighted by Crippen LogP contribution is -2.45. The molecule has 0 amide bonds. The Morgan fingerprint density at radius 1 is 1.10 bits per heavy atom. The maximum Gasteiger partial charge on any atom is 0.147 e. The number of nitroso groups, excluding NO2 is 1. The predicted molar refractivity (Wildman–Crippen MR) is 122 cm³/mol. The molecule has 3 heterocycles. The van der Waals surface area contributed by atoms with Crippen LogP contribution in [-0.2, 0) is 17.7 Å². The minimum atomic E-state index is 0.327. The van der Waals surface area contributed by atoms with E-state index in [2.05, 4.69) is 44.0 Å². The van der Waals surface area contributed by atoms with Gasteiger partial charge < -0.3 is 14.5 Å². The normalized spacial score (nSPS) is 18.5. The van der Waals surface area contributed by atoms with Crippen molar-refractivity contribution < 1.29 is 4.74 Å². The third-order valence-electron chi connectivity index (χ3n) is 6.17. The topological polar surface area (TPSA) is 70.9 Å². The molecular weight excluding hydrogens is 390 g/mol. The molecule has 0 aliphatic carbocycles. The van der Waals surface area contributed by atoms with Crippen LogP contribution in [0.15, 0.2) is 60.2 Å². The number of hydrogen-bond donors (Lipinski definition) is 0. The van der Waals surface area contributed by atoms with Gasteiger partial charge in [-0.25, -0.2) is 4.98 Å². The number of anilines is 2. The summed E-state index contributed by atoms with van der Waals surface area (Å²) in [7, 11) is 0. The molecule has 1 aromatic heterocycles. The van der Waals surface area contributed by atoms with E-state index in [0.29, 0.717) is 11.7 Å². The molecule has 7 nitrogen and oxygen atoms in total. The molecule has 3 aromatic rings. The second-order valence-electron chi connectivity index (χ2n) is 8.12. The lowest BCUT2D eigenvalue weighted by molar-refractivity contribution is 0.0988. The number of aromatic nitrogens is 2. The lowest BCUT2D eigenvalue weighted by Gasteiger charge is -2.39. The zero-order valence-corrected chi connectivity index (χ0v) is 17.6. The largest absolute Gasteiger partial charge is 0.377 e. The van der Waals surface area contributed by atoms with Crippen LogP contribution >= 0.6 is 0 Å². The van der Waals surface area contributed by atoms with Gasteiger partial charge in [-0.15, -0.1) is 4.91 Å². The summed E-state index contributed by atoms with van der Waals surface area (Å²) in [6.07, 6.45) is 6.23. The predicted octanol–water partition coefficient (Wildman–Crippen LogP) is 4.33. The Morgan fingerprint density at radius 2 is 1.97 bits per heavy atom. The second kappa shape index (κ2) is 8.43. The molecule has 0 saturated carbocycles. The molecule has 31 heavy (non-hydrogen) atoms. The quantitative estimate of drug-likeness (QED) is 0.591. The maximum absolute atomic E-state index is 10.8. The van der Waals surface area contributed by atoms with Crippen molar-refractivity contribution in [3.05, 3.63) is 71.0 Å². The molecule has 0 radical (unpaired) electrons. The summed E-state index contributed by atoms with van der Waals surface area (Å²) in [4.78, 5) is 24.3. The highest BCUT2D eigenvalue weighted by molar-refractivity contribution is 5.74. The average molecular weight is 415 g/mol. The zero-order chi connectivity index (χ0) is 21.2. The molecule has 0 bridgehead atoms. The summed E-state index contributed by atoms with van der Waals surface area (Å²) in [6, 6.07) is 12.4. The van der Waals surface area contributed by atoms with Crippen molar-refractivity contribution in [2.75, 3.05) is 36.1 Å². The summed E-state index contributed by atoms with van der Waals surface area (Å²) in [5.41, 5.74) is 6.67. The summed E-state index contributed by atoms with van der Waals surface area (Å²) in [6.45, 7) is 6.30. The van der Waals surface area contributed by atoms with Crippen molar-refractivity contribution in [1.82, 2.24) is 9.97 Å². The Kier molecular flexibility index (Phi) is 5.34. The molecule has 1 saturated heterocycles. The molecule has 7 heteroatoms. The van der Waals surface area contributed by atoms with E-state index >= 15 is 0 Å². The molecule has 1 fully saturated rings. The number of nitrogens with zero attached hydrogens (tertiary/aromatic N) is 5. The Balaban J connectivity index is 1.58. The van der Waals surface area contributed by atoms with Gasteiger partial charge in [0.05, 0.1) is 19.4 Å². The van der Waals surface area contributed by atoms with E-state index in [0.717, 1.165) is 56.2 Å². The second-order valence-corrected chi connectivity index (χ2v) is 8.12. The molecule has 0 unspecified atom stereocenters.